The summed E-state index contributed by atoms with van der Waals surface area (Å²) in [5, 5.41) is 0. The van der Waals surface area contributed by atoms with Crippen LogP contribution in [0.25, 0.3) is 0 Å². The van der Waals surface area contributed by atoms with Crippen LogP contribution in [0.3, 0.4) is 0 Å². The molecule has 7 heteroatoms. The van der Waals surface area contributed by atoms with Gasteiger partial charge in [0.15, 0.2) is 0 Å². The van der Waals surface area contributed by atoms with Gasteiger partial charge in [-0.05, 0) is 24.6 Å². The SMILES string of the molecule is COCC(N)C(=O)N1CCN(C(=O)c2ccc(C)c(F)c2)CC1. The van der Waals surface area contributed by atoms with Crippen LogP contribution in [-0.4, -0.2) is 67.6 Å². The van der Waals surface area contributed by atoms with Crippen molar-refractivity contribution in [1.29, 1.82) is 0 Å². The Labute approximate surface area is 135 Å². The van der Waals surface area contributed by atoms with Crippen LogP contribution in [0.4, 0.5) is 4.39 Å². The van der Waals surface area contributed by atoms with Crippen molar-refractivity contribution in [3.05, 3.63) is 35.1 Å². The highest BCUT2D eigenvalue weighted by molar-refractivity contribution is 5.94. The molecule has 1 fully saturated rings. The van der Waals surface area contributed by atoms with Gasteiger partial charge in [-0.1, -0.05) is 6.07 Å². The van der Waals surface area contributed by atoms with E-state index in [-0.39, 0.29) is 18.4 Å². The maximum Gasteiger partial charge on any atom is 0.254 e. The molecule has 0 saturated carbocycles. The Morgan fingerprint density at radius 3 is 2.43 bits per heavy atom. The summed E-state index contributed by atoms with van der Waals surface area (Å²) in [7, 11) is 1.49. The molecule has 6 nitrogen and oxygen atoms in total. The molecule has 2 rings (SSSR count). The van der Waals surface area contributed by atoms with E-state index in [4.69, 9.17) is 10.5 Å². The lowest BCUT2D eigenvalue weighted by atomic mass is 10.1. The zero-order valence-corrected chi connectivity index (χ0v) is 13.4. The van der Waals surface area contributed by atoms with Gasteiger partial charge in [-0.25, -0.2) is 4.39 Å². The minimum Gasteiger partial charge on any atom is -0.383 e. The van der Waals surface area contributed by atoms with E-state index in [1.54, 1.807) is 28.9 Å². The van der Waals surface area contributed by atoms with Crippen molar-refractivity contribution in [3.8, 4) is 0 Å². The van der Waals surface area contributed by atoms with E-state index in [0.29, 0.717) is 37.3 Å². The maximum absolute atomic E-state index is 13.6. The number of nitrogens with two attached hydrogens (primary N) is 1. The van der Waals surface area contributed by atoms with Gasteiger partial charge in [0.05, 0.1) is 6.61 Å². The number of hydrogen-bond donors (Lipinski definition) is 1. The molecule has 1 aliphatic heterocycles. The predicted molar refractivity (Wildman–Crippen MR) is 83.5 cm³/mol. The Morgan fingerprint density at radius 1 is 1.26 bits per heavy atom. The number of rotatable bonds is 4. The molecular formula is C16H22FN3O3. The molecule has 0 spiro atoms. The van der Waals surface area contributed by atoms with E-state index in [1.807, 2.05) is 0 Å². The van der Waals surface area contributed by atoms with E-state index in [2.05, 4.69) is 0 Å². The Morgan fingerprint density at radius 2 is 1.87 bits per heavy atom. The van der Waals surface area contributed by atoms with Crippen LogP contribution in [0.15, 0.2) is 18.2 Å². The zero-order chi connectivity index (χ0) is 17.0. The summed E-state index contributed by atoms with van der Waals surface area (Å²) in [6, 6.07) is 3.77. The summed E-state index contributed by atoms with van der Waals surface area (Å²) in [6.45, 7) is 3.45. The van der Waals surface area contributed by atoms with Crippen LogP contribution in [-0.2, 0) is 9.53 Å². The average molecular weight is 323 g/mol. The van der Waals surface area contributed by atoms with Crippen molar-refractivity contribution >= 4 is 11.8 Å². The normalized spacial score (nSPS) is 16.3. The fraction of sp³-hybridized carbons (Fsp3) is 0.500. The number of benzene rings is 1. The van der Waals surface area contributed by atoms with Gasteiger partial charge in [0.25, 0.3) is 5.91 Å². The molecule has 23 heavy (non-hydrogen) atoms. The molecule has 1 aliphatic rings. The molecule has 1 atom stereocenters. The number of ether oxygens (including phenoxy) is 1. The van der Waals surface area contributed by atoms with Crippen LogP contribution >= 0.6 is 0 Å². The molecule has 0 radical (unpaired) electrons. The third-order valence-electron chi connectivity index (χ3n) is 3.96. The highest BCUT2D eigenvalue weighted by Gasteiger charge is 2.27. The van der Waals surface area contributed by atoms with Gasteiger partial charge in [-0.3, -0.25) is 9.59 Å². The van der Waals surface area contributed by atoms with Gasteiger partial charge in [0.2, 0.25) is 5.91 Å². The molecule has 2 N–H and O–H groups in total. The number of piperazine rings is 1. The lowest BCUT2D eigenvalue weighted by molar-refractivity contribution is -0.135. The fourth-order valence-electron chi connectivity index (χ4n) is 2.52. The standard InChI is InChI=1S/C16H22FN3O3/c1-11-3-4-12(9-13(11)17)15(21)19-5-7-20(8-6-19)16(22)14(18)10-23-2/h3-4,9,14H,5-8,10,18H2,1-2H3. The molecule has 1 aromatic carbocycles. The van der Waals surface area contributed by atoms with Gasteiger partial charge in [-0.2, -0.15) is 0 Å². The number of aryl methyl sites for hydroxylation is 1. The first-order valence-corrected chi connectivity index (χ1v) is 7.52. The van der Waals surface area contributed by atoms with E-state index in [0.717, 1.165) is 0 Å². The molecule has 1 heterocycles. The smallest absolute Gasteiger partial charge is 0.254 e. The number of amides is 2. The van der Waals surface area contributed by atoms with Crippen LogP contribution in [0, 0.1) is 12.7 Å². The first kappa shape index (κ1) is 17.4. The predicted octanol–water partition coefficient (Wildman–Crippen LogP) is 0.392. The van der Waals surface area contributed by atoms with Crippen molar-refractivity contribution in [1.82, 2.24) is 9.80 Å². The number of carbonyl (C=O) groups is 2. The Balaban J connectivity index is 1.94. The van der Waals surface area contributed by atoms with Gasteiger partial charge in [-0.15, -0.1) is 0 Å². The summed E-state index contributed by atoms with van der Waals surface area (Å²) in [4.78, 5) is 27.7. The second-order valence-corrected chi connectivity index (χ2v) is 5.64. The molecule has 0 bridgehead atoms. The highest BCUT2D eigenvalue weighted by atomic mass is 19.1. The molecule has 1 aromatic rings. The van der Waals surface area contributed by atoms with E-state index in [9.17, 15) is 14.0 Å². The monoisotopic (exact) mass is 323 g/mol. The largest absolute Gasteiger partial charge is 0.383 e. The molecular weight excluding hydrogens is 301 g/mol. The molecule has 1 saturated heterocycles. The van der Waals surface area contributed by atoms with Crippen LogP contribution in [0.1, 0.15) is 15.9 Å². The van der Waals surface area contributed by atoms with Crippen molar-refractivity contribution in [3.63, 3.8) is 0 Å². The van der Waals surface area contributed by atoms with Gasteiger partial charge in [0, 0.05) is 38.9 Å². The van der Waals surface area contributed by atoms with Crippen molar-refractivity contribution in [2.24, 2.45) is 5.73 Å². The van der Waals surface area contributed by atoms with Crippen LogP contribution in [0.5, 0.6) is 0 Å². The quantitative estimate of drug-likeness (QED) is 0.870. The summed E-state index contributed by atoms with van der Waals surface area (Å²) in [6.07, 6.45) is 0. The van der Waals surface area contributed by atoms with E-state index >= 15 is 0 Å². The van der Waals surface area contributed by atoms with E-state index in [1.165, 1.54) is 13.2 Å². The topological polar surface area (TPSA) is 75.9 Å². The summed E-state index contributed by atoms with van der Waals surface area (Å²) < 4.78 is 18.5. The van der Waals surface area contributed by atoms with Gasteiger partial charge < -0.3 is 20.3 Å². The third kappa shape index (κ3) is 4.05. The average Bonchev–Trinajstić information content (AvgIpc) is 2.56. The Kier molecular flexibility index (Phi) is 5.68. The summed E-state index contributed by atoms with van der Waals surface area (Å²) in [5.74, 6) is -0.798. The molecule has 2 amide bonds. The van der Waals surface area contributed by atoms with Crippen molar-refractivity contribution < 1.29 is 18.7 Å². The maximum atomic E-state index is 13.6. The lowest BCUT2D eigenvalue weighted by Crippen LogP contribution is -2.55. The second kappa shape index (κ2) is 7.52. The number of carbonyl (C=O) groups excluding carboxylic acids is 2. The van der Waals surface area contributed by atoms with Crippen molar-refractivity contribution in [2.75, 3.05) is 39.9 Å². The first-order valence-electron chi connectivity index (χ1n) is 7.52. The van der Waals surface area contributed by atoms with Crippen molar-refractivity contribution in [2.45, 2.75) is 13.0 Å². The zero-order valence-electron chi connectivity index (χ0n) is 13.4. The second-order valence-electron chi connectivity index (χ2n) is 5.64. The third-order valence-corrected chi connectivity index (χ3v) is 3.96. The van der Waals surface area contributed by atoms with Crippen LogP contribution in [0.2, 0.25) is 0 Å². The van der Waals surface area contributed by atoms with Gasteiger partial charge in [0.1, 0.15) is 11.9 Å². The molecule has 126 valence electrons. The molecule has 1 unspecified atom stereocenters. The van der Waals surface area contributed by atoms with Crippen LogP contribution < -0.4 is 5.73 Å². The van der Waals surface area contributed by atoms with Gasteiger partial charge >= 0.3 is 0 Å². The molecule has 0 aromatic heterocycles. The minimum absolute atomic E-state index is 0.167. The Bertz CT molecular complexity index is 586. The Hall–Kier alpha value is -1.99. The summed E-state index contributed by atoms with van der Waals surface area (Å²) in [5.41, 5.74) is 6.56. The minimum atomic E-state index is -0.687. The fourth-order valence-corrected chi connectivity index (χ4v) is 2.52. The first-order chi connectivity index (χ1) is 10.9. The highest BCUT2D eigenvalue weighted by Crippen LogP contribution is 2.13. The number of halogens is 1. The number of hydrogen-bond acceptors (Lipinski definition) is 4. The summed E-state index contributed by atoms with van der Waals surface area (Å²) >= 11 is 0. The molecule has 0 aliphatic carbocycles. The van der Waals surface area contributed by atoms with E-state index < -0.39 is 11.9 Å². The lowest BCUT2D eigenvalue weighted by Gasteiger charge is -2.35. The number of methoxy groups -OCH3 is 1. The number of nitrogens with zero attached hydrogens (tertiary/aromatic N) is 2.